The van der Waals surface area contributed by atoms with Crippen molar-refractivity contribution < 1.29 is 32.7 Å². The number of benzene rings is 1. The molecule has 1 aromatic carbocycles. The van der Waals surface area contributed by atoms with E-state index in [-0.39, 0.29) is 53.6 Å². The molecule has 17 heteroatoms. The number of rotatable bonds is 9. The Labute approximate surface area is 260 Å². The van der Waals surface area contributed by atoms with Gasteiger partial charge >= 0.3 is 6.18 Å². The SMILES string of the molecule is CCc1cc(Nc2nccn3c(-c4cn(CC#N)nc4C(F)(F)F)cnc23)ccc1C(=O)N[C@H](C)C(=O)N[C@@H]1CCNC1.O=CO. The zero-order valence-corrected chi connectivity index (χ0v) is 24.8. The monoisotopic (exact) mass is 640 g/mol. The number of carbonyl (C=O) groups is 3. The lowest BCUT2D eigenvalue weighted by atomic mass is 10.0. The van der Waals surface area contributed by atoms with Crippen LogP contribution < -0.4 is 21.3 Å². The minimum Gasteiger partial charge on any atom is -0.483 e. The van der Waals surface area contributed by atoms with E-state index in [2.05, 4.69) is 36.3 Å². The molecule has 14 nitrogen and oxygen atoms in total. The fourth-order valence-electron chi connectivity index (χ4n) is 4.94. The van der Waals surface area contributed by atoms with Gasteiger partial charge in [0.1, 0.15) is 12.6 Å². The van der Waals surface area contributed by atoms with Crippen LogP contribution in [0.25, 0.3) is 16.9 Å². The summed E-state index contributed by atoms with van der Waals surface area (Å²) >= 11 is 0. The minimum absolute atomic E-state index is 0.0422. The lowest BCUT2D eigenvalue weighted by Gasteiger charge is -2.18. The summed E-state index contributed by atoms with van der Waals surface area (Å²) in [4.78, 5) is 42.6. The van der Waals surface area contributed by atoms with Crippen molar-refractivity contribution in [1.82, 2.24) is 40.1 Å². The van der Waals surface area contributed by atoms with Crippen molar-refractivity contribution >= 4 is 35.4 Å². The van der Waals surface area contributed by atoms with E-state index in [9.17, 15) is 22.8 Å². The molecule has 1 fully saturated rings. The molecule has 5 rings (SSSR count). The van der Waals surface area contributed by atoms with Crippen LogP contribution in [0.5, 0.6) is 0 Å². The molecule has 1 aliphatic heterocycles. The van der Waals surface area contributed by atoms with Gasteiger partial charge in [-0.05, 0) is 50.1 Å². The number of amides is 2. The maximum absolute atomic E-state index is 13.7. The Bertz CT molecular complexity index is 1760. The first-order chi connectivity index (χ1) is 22.0. The average Bonchev–Trinajstić information content (AvgIpc) is 3.78. The number of nitrogens with zero attached hydrogens (tertiary/aromatic N) is 6. The van der Waals surface area contributed by atoms with Crippen LogP contribution in [0.15, 0.2) is 43.0 Å². The summed E-state index contributed by atoms with van der Waals surface area (Å²) in [5, 5.41) is 31.4. The number of nitriles is 1. The third-order valence-corrected chi connectivity index (χ3v) is 7.11. The Balaban J connectivity index is 0.00000154. The summed E-state index contributed by atoms with van der Waals surface area (Å²) in [6.07, 6.45) is 1.97. The average molecular weight is 641 g/mol. The maximum Gasteiger partial charge on any atom is 0.435 e. The van der Waals surface area contributed by atoms with E-state index in [4.69, 9.17) is 15.2 Å². The van der Waals surface area contributed by atoms with E-state index in [1.165, 1.54) is 23.0 Å². The van der Waals surface area contributed by atoms with Crippen LogP contribution in [-0.4, -0.2) is 72.7 Å². The second kappa shape index (κ2) is 14.5. The zero-order chi connectivity index (χ0) is 33.4. The first kappa shape index (κ1) is 33.4. The van der Waals surface area contributed by atoms with Gasteiger partial charge in [-0.15, -0.1) is 0 Å². The summed E-state index contributed by atoms with van der Waals surface area (Å²) in [6, 6.07) is 6.19. The fourth-order valence-corrected chi connectivity index (χ4v) is 4.94. The highest BCUT2D eigenvalue weighted by molar-refractivity contribution is 5.99. The molecule has 1 aliphatic rings. The van der Waals surface area contributed by atoms with E-state index in [1.54, 1.807) is 31.2 Å². The molecule has 0 radical (unpaired) electrons. The van der Waals surface area contributed by atoms with Crippen molar-refractivity contribution in [3.05, 3.63) is 59.8 Å². The Hall–Kier alpha value is -5.50. The molecule has 242 valence electrons. The summed E-state index contributed by atoms with van der Waals surface area (Å²) in [5.41, 5.74) is 0.746. The van der Waals surface area contributed by atoms with Crippen LogP contribution in [-0.2, 0) is 28.7 Å². The number of aryl methyl sites for hydroxylation is 1. The van der Waals surface area contributed by atoms with Crippen LogP contribution >= 0.6 is 0 Å². The third-order valence-electron chi connectivity index (χ3n) is 7.11. The summed E-state index contributed by atoms with van der Waals surface area (Å²) in [5.74, 6) is -0.361. The smallest absolute Gasteiger partial charge is 0.435 e. The van der Waals surface area contributed by atoms with Gasteiger partial charge in [-0.25, -0.2) is 9.97 Å². The van der Waals surface area contributed by atoms with Gasteiger partial charge in [-0.3, -0.25) is 23.5 Å². The number of alkyl halides is 3. The lowest BCUT2D eigenvalue weighted by Crippen LogP contribution is -2.48. The minimum atomic E-state index is -4.74. The standard InChI is InChI=1S/C28H29F3N10O2.CH2O2/c1-3-17-12-18(4-5-20(17)27(43)36-16(2)26(42)38-19-6-8-33-13-19)37-24-25-35-14-22(41(25)11-9-34-24)21-15-40(10-7-32)39-23(21)28(29,30)31;2-1-3/h4-5,9,11-12,14-16,19,33H,3,6,8,10,13H2,1-2H3,(H,34,37)(H,36,43)(H,38,42);1H,(H,2,3)/t16-,19-;/m1./s1. The molecule has 0 saturated carbocycles. The molecule has 5 N–H and O–H groups in total. The van der Waals surface area contributed by atoms with Crippen LogP contribution in [0.3, 0.4) is 0 Å². The molecule has 0 unspecified atom stereocenters. The van der Waals surface area contributed by atoms with Gasteiger partial charge < -0.3 is 26.4 Å². The van der Waals surface area contributed by atoms with E-state index < -0.39 is 17.9 Å². The summed E-state index contributed by atoms with van der Waals surface area (Å²) < 4.78 is 43.6. The zero-order valence-electron chi connectivity index (χ0n) is 24.8. The number of aromatic nitrogens is 5. The Morgan fingerprint density at radius 3 is 2.72 bits per heavy atom. The van der Waals surface area contributed by atoms with Gasteiger partial charge in [0.25, 0.3) is 12.4 Å². The van der Waals surface area contributed by atoms with Crippen molar-refractivity contribution in [2.45, 2.75) is 51.5 Å². The van der Waals surface area contributed by atoms with Crippen LogP contribution in [0.2, 0.25) is 0 Å². The molecule has 0 spiro atoms. The number of imidazole rings is 1. The molecule has 1 saturated heterocycles. The largest absolute Gasteiger partial charge is 0.483 e. The van der Waals surface area contributed by atoms with Gasteiger partial charge in [0.15, 0.2) is 17.2 Å². The van der Waals surface area contributed by atoms with E-state index in [0.717, 1.165) is 23.8 Å². The second-order valence-corrected chi connectivity index (χ2v) is 10.2. The number of hydrogen-bond donors (Lipinski definition) is 5. The van der Waals surface area contributed by atoms with Crippen molar-refractivity contribution in [2.75, 3.05) is 18.4 Å². The number of carbonyl (C=O) groups excluding carboxylic acids is 2. The predicted molar refractivity (Wildman–Crippen MR) is 159 cm³/mol. The third kappa shape index (κ3) is 7.58. The molecule has 4 heterocycles. The van der Waals surface area contributed by atoms with Crippen LogP contribution in [0.1, 0.15) is 41.9 Å². The molecule has 46 heavy (non-hydrogen) atoms. The number of anilines is 2. The Kier molecular flexibility index (Phi) is 10.5. The molecule has 4 aromatic rings. The Morgan fingerprint density at radius 2 is 2.07 bits per heavy atom. The summed E-state index contributed by atoms with van der Waals surface area (Å²) in [7, 11) is 0. The van der Waals surface area contributed by atoms with Crippen molar-refractivity contribution in [3.63, 3.8) is 0 Å². The van der Waals surface area contributed by atoms with Gasteiger partial charge in [-0.2, -0.15) is 23.5 Å². The van der Waals surface area contributed by atoms with Gasteiger partial charge in [0.05, 0.1) is 23.5 Å². The first-order valence-corrected chi connectivity index (χ1v) is 14.1. The van der Waals surface area contributed by atoms with Crippen molar-refractivity contribution in [1.29, 1.82) is 5.26 Å². The number of halogens is 3. The van der Waals surface area contributed by atoms with E-state index >= 15 is 0 Å². The summed E-state index contributed by atoms with van der Waals surface area (Å²) in [6.45, 7) is 4.47. The number of hydrogen-bond acceptors (Lipinski definition) is 9. The van der Waals surface area contributed by atoms with Gasteiger partial charge in [0, 0.05) is 42.4 Å². The molecule has 3 aromatic heterocycles. The predicted octanol–water partition coefficient (Wildman–Crippen LogP) is 2.74. The van der Waals surface area contributed by atoms with Crippen LogP contribution in [0, 0.1) is 11.3 Å². The number of fused-ring (bicyclic) bond motifs is 1. The highest BCUT2D eigenvalue weighted by atomic mass is 19.4. The molecule has 2 amide bonds. The molecule has 0 aliphatic carbocycles. The quantitative estimate of drug-likeness (QED) is 0.170. The number of carboxylic acid groups (broad SMARTS) is 1. The normalized spacial score (nSPS) is 14.9. The Morgan fingerprint density at radius 1 is 1.30 bits per heavy atom. The fraction of sp³-hybridized carbons (Fsp3) is 0.345. The molecular formula is C29H31F3N10O4. The highest BCUT2D eigenvalue weighted by Gasteiger charge is 2.38. The highest BCUT2D eigenvalue weighted by Crippen LogP contribution is 2.37. The van der Waals surface area contributed by atoms with E-state index in [1.807, 2.05) is 6.92 Å². The molecular weight excluding hydrogens is 609 g/mol. The van der Waals surface area contributed by atoms with Gasteiger partial charge in [0.2, 0.25) is 5.91 Å². The lowest BCUT2D eigenvalue weighted by molar-refractivity contribution is -0.141. The second-order valence-electron chi connectivity index (χ2n) is 10.2. The number of nitrogens with one attached hydrogen (secondary N) is 4. The van der Waals surface area contributed by atoms with Crippen LogP contribution in [0.4, 0.5) is 24.7 Å². The maximum atomic E-state index is 13.7. The van der Waals surface area contributed by atoms with Crippen molar-refractivity contribution in [3.8, 4) is 17.3 Å². The van der Waals surface area contributed by atoms with Crippen molar-refractivity contribution in [2.24, 2.45) is 0 Å². The molecule has 0 bridgehead atoms. The van der Waals surface area contributed by atoms with Gasteiger partial charge in [-0.1, -0.05) is 6.92 Å². The first-order valence-electron chi connectivity index (χ1n) is 14.1. The van der Waals surface area contributed by atoms with E-state index in [0.29, 0.717) is 29.8 Å². The topological polar surface area (TPSA) is 191 Å². The molecule has 2 atom stereocenters.